The summed E-state index contributed by atoms with van der Waals surface area (Å²) in [4.78, 5) is 16.9. The SMILES string of the molecule is Cc1ccc(OCC(=O)NCCCN2CCN(C)C[C@@H]2c2ccccc2)cc1. The molecule has 0 radical (unpaired) electrons. The van der Waals surface area contributed by atoms with Gasteiger partial charge in [0.05, 0.1) is 0 Å². The molecule has 2 aromatic carbocycles. The molecule has 5 heteroatoms. The van der Waals surface area contributed by atoms with Crippen LogP contribution in [-0.2, 0) is 4.79 Å². The molecule has 1 fully saturated rings. The minimum absolute atomic E-state index is 0.0597. The van der Waals surface area contributed by atoms with Crippen molar-refractivity contribution in [3.05, 3.63) is 65.7 Å². The first-order valence-electron chi connectivity index (χ1n) is 10.1. The summed E-state index contributed by atoms with van der Waals surface area (Å²) in [5.41, 5.74) is 2.54. The van der Waals surface area contributed by atoms with Crippen LogP contribution in [0.5, 0.6) is 5.75 Å². The van der Waals surface area contributed by atoms with Crippen LogP contribution < -0.4 is 10.1 Å². The van der Waals surface area contributed by atoms with Gasteiger partial charge in [-0.25, -0.2) is 0 Å². The van der Waals surface area contributed by atoms with E-state index in [1.54, 1.807) is 0 Å². The minimum Gasteiger partial charge on any atom is -0.484 e. The largest absolute Gasteiger partial charge is 0.484 e. The van der Waals surface area contributed by atoms with Crippen molar-refractivity contribution >= 4 is 5.91 Å². The van der Waals surface area contributed by atoms with E-state index in [1.807, 2.05) is 31.2 Å². The van der Waals surface area contributed by atoms with Gasteiger partial charge in [0.1, 0.15) is 5.75 Å². The van der Waals surface area contributed by atoms with Crippen LogP contribution in [0.1, 0.15) is 23.6 Å². The van der Waals surface area contributed by atoms with Gasteiger partial charge in [0.25, 0.3) is 5.91 Å². The second kappa shape index (κ2) is 10.2. The lowest BCUT2D eigenvalue weighted by Gasteiger charge is -2.40. The molecule has 1 N–H and O–H groups in total. The normalized spacial score (nSPS) is 18.0. The molecule has 0 bridgehead atoms. The van der Waals surface area contributed by atoms with Crippen molar-refractivity contribution in [1.82, 2.24) is 15.1 Å². The standard InChI is InChI=1S/C23H31N3O2/c1-19-9-11-21(12-10-19)28-18-23(27)24-13-6-14-26-16-15-25(2)17-22(26)20-7-4-3-5-8-20/h3-5,7-12,22H,6,13-18H2,1-2H3,(H,24,27)/t22-/m1/s1. The van der Waals surface area contributed by atoms with Gasteiger partial charge in [-0.2, -0.15) is 0 Å². The van der Waals surface area contributed by atoms with Crippen LogP contribution in [-0.4, -0.2) is 62.1 Å². The third-order valence-corrected chi connectivity index (χ3v) is 5.21. The third-order valence-electron chi connectivity index (χ3n) is 5.21. The van der Waals surface area contributed by atoms with Crippen molar-refractivity contribution in [3.63, 3.8) is 0 Å². The molecule has 2 aromatic rings. The molecule has 0 unspecified atom stereocenters. The average molecular weight is 382 g/mol. The van der Waals surface area contributed by atoms with Crippen LogP contribution in [0, 0.1) is 6.92 Å². The van der Waals surface area contributed by atoms with Gasteiger partial charge >= 0.3 is 0 Å². The summed E-state index contributed by atoms with van der Waals surface area (Å²) in [5, 5.41) is 2.97. The fourth-order valence-corrected chi connectivity index (χ4v) is 3.56. The zero-order valence-corrected chi connectivity index (χ0v) is 16.9. The van der Waals surface area contributed by atoms with Crippen molar-refractivity contribution < 1.29 is 9.53 Å². The summed E-state index contributed by atoms with van der Waals surface area (Å²) in [6, 6.07) is 18.8. The zero-order valence-electron chi connectivity index (χ0n) is 16.9. The number of benzene rings is 2. The van der Waals surface area contributed by atoms with Crippen LogP contribution in [0.4, 0.5) is 0 Å². The van der Waals surface area contributed by atoms with E-state index in [-0.39, 0.29) is 12.5 Å². The number of carbonyl (C=O) groups is 1. The van der Waals surface area contributed by atoms with Gasteiger partial charge < -0.3 is 15.0 Å². The minimum atomic E-state index is -0.0708. The van der Waals surface area contributed by atoms with Gasteiger partial charge in [-0.15, -0.1) is 0 Å². The van der Waals surface area contributed by atoms with E-state index in [1.165, 1.54) is 11.1 Å². The number of hydrogen-bond acceptors (Lipinski definition) is 4. The van der Waals surface area contributed by atoms with Crippen molar-refractivity contribution in [2.45, 2.75) is 19.4 Å². The van der Waals surface area contributed by atoms with Gasteiger partial charge in [-0.1, -0.05) is 48.0 Å². The number of carbonyl (C=O) groups excluding carboxylic acids is 1. The number of likely N-dealkylation sites (N-methyl/N-ethyl adjacent to an activating group) is 1. The quantitative estimate of drug-likeness (QED) is 0.714. The lowest BCUT2D eigenvalue weighted by atomic mass is 10.0. The number of amides is 1. The number of ether oxygens (including phenoxy) is 1. The Morgan fingerprint density at radius 3 is 2.61 bits per heavy atom. The number of hydrogen-bond donors (Lipinski definition) is 1. The molecule has 1 aliphatic rings. The van der Waals surface area contributed by atoms with E-state index in [2.05, 4.69) is 52.5 Å². The first-order chi connectivity index (χ1) is 13.6. The van der Waals surface area contributed by atoms with Gasteiger partial charge in [-0.05, 0) is 38.1 Å². The van der Waals surface area contributed by atoms with E-state index < -0.39 is 0 Å². The van der Waals surface area contributed by atoms with Crippen LogP contribution in [0.25, 0.3) is 0 Å². The molecule has 1 saturated heterocycles. The molecule has 1 aliphatic heterocycles. The number of nitrogens with one attached hydrogen (secondary N) is 1. The number of rotatable bonds is 8. The highest BCUT2D eigenvalue weighted by molar-refractivity contribution is 5.77. The first-order valence-corrected chi connectivity index (χ1v) is 10.1. The van der Waals surface area contributed by atoms with Gasteiger partial charge in [-0.3, -0.25) is 9.69 Å². The second-order valence-electron chi connectivity index (χ2n) is 7.53. The summed E-state index contributed by atoms with van der Waals surface area (Å²) in [7, 11) is 2.18. The molecular formula is C23H31N3O2. The van der Waals surface area contributed by atoms with Crippen LogP contribution >= 0.6 is 0 Å². The molecule has 0 saturated carbocycles. The fraction of sp³-hybridized carbons (Fsp3) is 0.435. The molecule has 5 nitrogen and oxygen atoms in total. The molecule has 0 aliphatic carbocycles. The van der Waals surface area contributed by atoms with Gasteiger partial charge in [0.2, 0.25) is 0 Å². The molecule has 3 rings (SSSR count). The highest BCUT2D eigenvalue weighted by Crippen LogP contribution is 2.24. The summed E-state index contributed by atoms with van der Waals surface area (Å²) < 4.78 is 5.53. The van der Waals surface area contributed by atoms with Crippen LogP contribution in [0.2, 0.25) is 0 Å². The Morgan fingerprint density at radius 2 is 1.86 bits per heavy atom. The zero-order chi connectivity index (χ0) is 19.8. The molecule has 28 heavy (non-hydrogen) atoms. The molecule has 0 spiro atoms. The highest BCUT2D eigenvalue weighted by atomic mass is 16.5. The molecule has 1 amide bonds. The number of aryl methyl sites for hydroxylation is 1. The number of piperazine rings is 1. The highest BCUT2D eigenvalue weighted by Gasteiger charge is 2.25. The average Bonchev–Trinajstić information content (AvgIpc) is 2.72. The van der Waals surface area contributed by atoms with Crippen molar-refractivity contribution in [1.29, 1.82) is 0 Å². The summed E-state index contributed by atoms with van der Waals surface area (Å²) in [6.45, 7) is 6.92. The Bertz CT molecular complexity index is 733. The maximum absolute atomic E-state index is 12.0. The van der Waals surface area contributed by atoms with E-state index in [0.29, 0.717) is 12.6 Å². The van der Waals surface area contributed by atoms with E-state index in [0.717, 1.165) is 38.3 Å². The lowest BCUT2D eigenvalue weighted by molar-refractivity contribution is -0.123. The lowest BCUT2D eigenvalue weighted by Crippen LogP contribution is -2.47. The summed E-state index contributed by atoms with van der Waals surface area (Å²) in [5.74, 6) is 0.655. The van der Waals surface area contributed by atoms with E-state index >= 15 is 0 Å². The molecular weight excluding hydrogens is 350 g/mol. The maximum Gasteiger partial charge on any atom is 0.257 e. The third kappa shape index (κ3) is 6.08. The number of nitrogens with zero attached hydrogens (tertiary/aromatic N) is 2. The van der Waals surface area contributed by atoms with Crippen LogP contribution in [0.3, 0.4) is 0 Å². The predicted molar refractivity (Wildman–Crippen MR) is 113 cm³/mol. The van der Waals surface area contributed by atoms with E-state index in [4.69, 9.17) is 4.74 Å². The Labute approximate surface area is 168 Å². The second-order valence-corrected chi connectivity index (χ2v) is 7.53. The van der Waals surface area contributed by atoms with Crippen molar-refractivity contribution in [2.24, 2.45) is 0 Å². The molecule has 150 valence electrons. The first kappa shape index (κ1) is 20.4. The van der Waals surface area contributed by atoms with Crippen molar-refractivity contribution in [3.8, 4) is 5.75 Å². The summed E-state index contributed by atoms with van der Waals surface area (Å²) in [6.07, 6.45) is 0.934. The van der Waals surface area contributed by atoms with Crippen LogP contribution in [0.15, 0.2) is 54.6 Å². The van der Waals surface area contributed by atoms with Gasteiger partial charge in [0.15, 0.2) is 6.61 Å². The van der Waals surface area contributed by atoms with Gasteiger partial charge in [0, 0.05) is 38.8 Å². The predicted octanol–water partition coefficient (Wildman–Crippen LogP) is 2.87. The Balaban J connectivity index is 1.39. The monoisotopic (exact) mass is 381 g/mol. The van der Waals surface area contributed by atoms with Crippen molar-refractivity contribution in [2.75, 3.05) is 46.4 Å². The Kier molecular flexibility index (Phi) is 7.46. The molecule has 1 atom stereocenters. The Morgan fingerprint density at radius 1 is 1.11 bits per heavy atom. The maximum atomic E-state index is 12.0. The molecule has 1 heterocycles. The molecule has 0 aromatic heterocycles. The topological polar surface area (TPSA) is 44.8 Å². The Hall–Kier alpha value is -2.37. The van der Waals surface area contributed by atoms with E-state index in [9.17, 15) is 4.79 Å². The fourth-order valence-electron chi connectivity index (χ4n) is 3.56. The smallest absolute Gasteiger partial charge is 0.257 e. The summed E-state index contributed by atoms with van der Waals surface area (Å²) >= 11 is 0.